The molecule has 0 aromatic carbocycles. The molecule has 0 aromatic heterocycles. The smallest absolute Gasteiger partial charge is 0.246 e. The van der Waals surface area contributed by atoms with Crippen LogP contribution < -0.4 is 0 Å². The second-order valence-corrected chi connectivity index (χ2v) is 6.53. The summed E-state index contributed by atoms with van der Waals surface area (Å²) in [7, 11) is 0. The number of rotatable bonds is 4. The predicted octanol–water partition coefficient (Wildman–Crippen LogP) is 1.56. The predicted molar refractivity (Wildman–Crippen MR) is 78.7 cm³/mol. The van der Waals surface area contributed by atoms with E-state index in [1.54, 1.807) is 9.80 Å². The van der Waals surface area contributed by atoms with Crippen LogP contribution in [0.15, 0.2) is 0 Å². The Hall–Kier alpha value is -1.10. The van der Waals surface area contributed by atoms with E-state index in [1.165, 1.54) is 19.3 Å². The summed E-state index contributed by atoms with van der Waals surface area (Å²) in [5, 5.41) is 0. The summed E-state index contributed by atoms with van der Waals surface area (Å²) in [6, 6.07) is -0.537. The van der Waals surface area contributed by atoms with Crippen molar-refractivity contribution >= 4 is 11.8 Å². The minimum Gasteiger partial charge on any atom is -0.376 e. The number of carbonyl (C=O) groups is 2. The molecule has 0 N–H and O–H groups in total. The highest BCUT2D eigenvalue weighted by atomic mass is 16.5. The van der Waals surface area contributed by atoms with Crippen molar-refractivity contribution in [3.63, 3.8) is 0 Å². The molecule has 1 aliphatic carbocycles. The van der Waals surface area contributed by atoms with Crippen LogP contribution in [0.25, 0.3) is 0 Å². The summed E-state index contributed by atoms with van der Waals surface area (Å²) in [4.78, 5) is 28.3. The van der Waals surface area contributed by atoms with Crippen molar-refractivity contribution in [3.8, 4) is 0 Å². The zero-order valence-corrected chi connectivity index (χ0v) is 12.9. The molecule has 0 aromatic rings. The van der Waals surface area contributed by atoms with Crippen LogP contribution in [0, 0.1) is 0 Å². The maximum Gasteiger partial charge on any atom is 0.246 e. The van der Waals surface area contributed by atoms with Gasteiger partial charge in [0, 0.05) is 13.1 Å². The van der Waals surface area contributed by atoms with Gasteiger partial charge in [-0.25, -0.2) is 0 Å². The lowest BCUT2D eigenvalue weighted by atomic mass is 9.98. The number of fused-ring (bicyclic) bond motifs is 1. The molecule has 2 amide bonds. The highest BCUT2D eigenvalue weighted by molar-refractivity contribution is 5.97. The monoisotopic (exact) mass is 294 g/mol. The Bertz CT molecular complexity index is 406. The van der Waals surface area contributed by atoms with Gasteiger partial charge < -0.3 is 14.5 Å². The summed E-state index contributed by atoms with van der Waals surface area (Å²) in [5.74, 6) is 0.224. The minimum atomic E-state index is -0.332. The molecule has 3 aliphatic rings. The van der Waals surface area contributed by atoms with Crippen molar-refractivity contribution in [1.82, 2.24) is 9.80 Å². The van der Waals surface area contributed by atoms with E-state index in [1.807, 2.05) is 6.92 Å². The second kappa shape index (κ2) is 6.34. The van der Waals surface area contributed by atoms with Crippen LogP contribution in [-0.2, 0) is 14.3 Å². The molecule has 2 heterocycles. The van der Waals surface area contributed by atoms with E-state index < -0.39 is 0 Å². The number of carbonyl (C=O) groups excluding carboxylic acids is 2. The average molecular weight is 294 g/mol. The van der Waals surface area contributed by atoms with Gasteiger partial charge in [-0.15, -0.1) is 0 Å². The summed E-state index contributed by atoms with van der Waals surface area (Å²) in [6.07, 6.45) is 8.20. The first kappa shape index (κ1) is 14.8. The highest BCUT2D eigenvalue weighted by Crippen LogP contribution is 2.27. The number of nitrogens with zero attached hydrogens (tertiary/aromatic N) is 2. The van der Waals surface area contributed by atoms with E-state index in [4.69, 9.17) is 4.74 Å². The Morgan fingerprint density at radius 1 is 1.05 bits per heavy atom. The lowest BCUT2D eigenvalue weighted by Crippen LogP contribution is -2.62. The van der Waals surface area contributed by atoms with Gasteiger partial charge in [0.2, 0.25) is 11.8 Å². The molecule has 3 fully saturated rings. The Labute approximate surface area is 126 Å². The molecule has 118 valence electrons. The molecule has 21 heavy (non-hydrogen) atoms. The first-order valence-corrected chi connectivity index (χ1v) is 8.41. The first-order chi connectivity index (χ1) is 10.2. The summed E-state index contributed by atoms with van der Waals surface area (Å²) < 4.78 is 5.91. The Kier molecular flexibility index (Phi) is 4.48. The topological polar surface area (TPSA) is 49.9 Å². The largest absolute Gasteiger partial charge is 0.376 e. The van der Waals surface area contributed by atoms with Gasteiger partial charge in [-0.05, 0) is 32.6 Å². The molecule has 3 rings (SSSR count). The number of amides is 2. The summed E-state index contributed by atoms with van der Waals surface area (Å²) in [5.41, 5.74) is 0. The molecule has 5 heteroatoms. The van der Waals surface area contributed by atoms with Gasteiger partial charge in [-0.1, -0.05) is 19.3 Å². The van der Waals surface area contributed by atoms with Crippen molar-refractivity contribution < 1.29 is 14.3 Å². The molecular formula is C16H26N2O3. The van der Waals surface area contributed by atoms with Crippen LogP contribution in [-0.4, -0.2) is 59.5 Å². The lowest BCUT2D eigenvalue weighted by molar-refractivity contribution is -0.159. The third-order valence-corrected chi connectivity index (χ3v) is 5.17. The third-order valence-electron chi connectivity index (χ3n) is 5.17. The summed E-state index contributed by atoms with van der Waals surface area (Å²) in [6.45, 7) is 3.69. The van der Waals surface area contributed by atoms with Crippen molar-refractivity contribution in [3.05, 3.63) is 0 Å². The van der Waals surface area contributed by atoms with E-state index in [9.17, 15) is 9.59 Å². The molecule has 0 spiro atoms. The minimum absolute atomic E-state index is 0.106. The summed E-state index contributed by atoms with van der Waals surface area (Å²) >= 11 is 0. The van der Waals surface area contributed by atoms with Crippen LogP contribution in [0.1, 0.15) is 51.9 Å². The van der Waals surface area contributed by atoms with E-state index in [2.05, 4.69) is 0 Å². The maximum absolute atomic E-state index is 12.5. The van der Waals surface area contributed by atoms with Gasteiger partial charge in [0.15, 0.2) is 0 Å². The quantitative estimate of drug-likeness (QED) is 0.790. The van der Waals surface area contributed by atoms with E-state index in [0.29, 0.717) is 19.3 Å². The molecule has 5 nitrogen and oxygen atoms in total. The molecule has 2 atom stereocenters. The van der Waals surface area contributed by atoms with Crippen LogP contribution in [0.4, 0.5) is 0 Å². The molecule has 0 bridgehead atoms. The van der Waals surface area contributed by atoms with Crippen molar-refractivity contribution in [2.24, 2.45) is 0 Å². The molecule has 2 aliphatic heterocycles. The SMILES string of the molecule is CC1C(=O)N2CCCC2C(=O)N1CCOC1CCCCC1. The van der Waals surface area contributed by atoms with Gasteiger partial charge in [-0.2, -0.15) is 0 Å². The van der Waals surface area contributed by atoms with Crippen LogP contribution in [0.2, 0.25) is 0 Å². The molecule has 1 saturated carbocycles. The van der Waals surface area contributed by atoms with Crippen LogP contribution in [0.3, 0.4) is 0 Å². The van der Waals surface area contributed by atoms with Crippen LogP contribution >= 0.6 is 0 Å². The number of hydrogen-bond donors (Lipinski definition) is 0. The third kappa shape index (κ3) is 2.93. The van der Waals surface area contributed by atoms with Crippen molar-refractivity contribution in [2.75, 3.05) is 19.7 Å². The second-order valence-electron chi connectivity index (χ2n) is 6.53. The molecule has 2 saturated heterocycles. The van der Waals surface area contributed by atoms with Crippen molar-refractivity contribution in [2.45, 2.75) is 70.1 Å². The number of hydrogen-bond acceptors (Lipinski definition) is 3. The first-order valence-electron chi connectivity index (χ1n) is 8.41. The number of ether oxygens (including phenoxy) is 1. The van der Waals surface area contributed by atoms with E-state index >= 15 is 0 Å². The van der Waals surface area contributed by atoms with Crippen LogP contribution in [0.5, 0.6) is 0 Å². The molecule has 2 unspecified atom stereocenters. The number of piperazine rings is 1. The fourth-order valence-electron chi connectivity index (χ4n) is 3.90. The van der Waals surface area contributed by atoms with E-state index in [-0.39, 0.29) is 23.9 Å². The fraction of sp³-hybridized carbons (Fsp3) is 0.875. The lowest BCUT2D eigenvalue weighted by Gasteiger charge is -2.41. The van der Waals surface area contributed by atoms with Gasteiger partial charge in [0.05, 0.1) is 12.7 Å². The standard InChI is InChI=1S/C16H26N2O3/c1-12-15(19)18-9-5-8-14(18)16(20)17(12)10-11-21-13-6-3-2-4-7-13/h12-14H,2-11H2,1H3. The van der Waals surface area contributed by atoms with Gasteiger partial charge in [-0.3, -0.25) is 9.59 Å². The van der Waals surface area contributed by atoms with E-state index in [0.717, 1.165) is 32.2 Å². The zero-order valence-electron chi connectivity index (χ0n) is 12.9. The zero-order chi connectivity index (χ0) is 14.8. The van der Waals surface area contributed by atoms with Gasteiger partial charge in [0.1, 0.15) is 12.1 Å². The van der Waals surface area contributed by atoms with Gasteiger partial charge >= 0.3 is 0 Å². The normalized spacial score (nSPS) is 30.9. The Morgan fingerprint density at radius 2 is 1.81 bits per heavy atom. The molecular weight excluding hydrogens is 268 g/mol. The Morgan fingerprint density at radius 3 is 2.57 bits per heavy atom. The highest BCUT2D eigenvalue weighted by Gasteiger charge is 2.45. The van der Waals surface area contributed by atoms with Gasteiger partial charge in [0.25, 0.3) is 0 Å². The molecule has 0 radical (unpaired) electrons. The average Bonchev–Trinajstić information content (AvgIpc) is 2.99. The Balaban J connectivity index is 1.53. The maximum atomic E-state index is 12.5. The van der Waals surface area contributed by atoms with Crippen molar-refractivity contribution in [1.29, 1.82) is 0 Å². The fourth-order valence-corrected chi connectivity index (χ4v) is 3.90.